The topological polar surface area (TPSA) is 71.4 Å². The smallest absolute Gasteiger partial charge is 0.255 e. The SMILES string of the molecule is C=CCn1c(=O)c(C2CC(=O)N(Nc3ccccc3)C3=C2C(=O)CCC3)cc2cc(Cl)ccc21. The molecule has 1 unspecified atom stereocenters. The van der Waals surface area contributed by atoms with Crippen LogP contribution in [-0.4, -0.2) is 21.3 Å². The summed E-state index contributed by atoms with van der Waals surface area (Å²) in [6, 6.07) is 16.5. The predicted octanol–water partition coefficient (Wildman–Crippen LogP) is 5.19. The van der Waals surface area contributed by atoms with E-state index in [0.717, 1.165) is 16.6 Å². The van der Waals surface area contributed by atoms with Gasteiger partial charge in [0.25, 0.3) is 5.56 Å². The third-order valence-corrected chi connectivity index (χ3v) is 6.70. The standard InChI is InChI=1S/C27H24ClN3O3/c1-2-13-30-22-12-11-18(28)14-17(22)15-21(27(30)34)20-16-25(33)31(29-19-7-4-3-5-8-19)23-9-6-10-24(32)26(20)23/h2-5,7-8,11-12,14-15,20,29H,1,6,9-10,13,16H2. The molecule has 6 nitrogen and oxygen atoms in total. The molecule has 0 spiro atoms. The van der Waals surface area contributed by atoms with Gasteiger partial charge in [-0.2, -0.15) is 0 Å². The van der Waals surface area contributed by atoms with Crippen molar-refractivity contribution in [1.29, 1.82) is 0 Å². The number of nitrogens with zero attached hydrogens (tertiary/aromatic N) is 2. The summed E-state index contributed by atoms with van der Waals surface area (Å²) in [5, 5.41) is 2.83. The molecule has 0 fully saturated rings. The van der Waals surface area contributed by atoms with Crippen LogP contribution in [0.25, 0.3) is 10.9 Å². The summed E-state index contributed by atoms with van der Waals surface area (Å²) < 4.78 is 1.63. The average Bonchev–Trinajstić information content (AvgIpc) is 2.83. The van der Waals surface area contributed by atoms with Crippen molar-refractivity contribution >= 4 is 39.9 Å². The minimum atomic E-state index is -0.601. The first-order chi connectivity index (χ1) is 16.5. The first-order valence-electron chi connectivity index (χ1n) is 11.3. The van der Waals surface area contributed by atoms with Gasteiger partial charge in [0.1, 0.15) is 0 Å². The van der Waals surface area contributed by atoms with Crippen LogP contribution in [0.5, 0.6) is 0 Å². The van der Waals surface area contributed by atoms with Gasteiger partial charge in [0.2, 0.25) is 5.91 Å². The lowest BCUT2D eigenvalue weighted by Gasteiger charge is -2.38. The van der Waals surface area contributed by atoms with Crippen molar-refractivity contribution in [2.24, 2.45) is 0 Å². The number of anilines is 1. The van der Waals surface area contributed by atoms with Gasteiger partial charge < -0.3 is 4.57 Å². The van der Waals surface area contributed by atoms with Gasteiger partial charge in [0.05, 0.1) is 16.9 Å². The Labute approximate surface area is 202 Å². The van der Waals surface area contributed by atoms with Crippen LogP contribution in [0.4, 0.5) is 5.69 Å². The van der Waals surface area contributed by atoms with Crippen molar-refractivity contribution in [2.75, 3.05) is 5.43 Å². The Hall–Kier alpha value is -3.64. The molecule has 0 saturated heterocycles. The summed E-state index contributed by atoms with van der Waals surface area (Å²) >= 11 is 6.24. The number of amides is 1. The molecule has 1 aliphatic carbocycles. The van der Waals surface area contributed by atoms with Crippen molar-refractivity contribution in [1.82, 2.24) is 9.58 Å². The van der Waals surface area contributed by atoms with Crippen LogP contribution >= 0.6 is 11.6 Å². The molecule has 3 aromatic rings. The second-order valence-electron chi connectivity index (χ2n) is 8.61. The van der Waals surface area contributed by atoms with Gasteiger partial charge in [-0.3, -0.25) is 19.8 Å². The number of nitrogens with one attached hydrogen (secondary N) is 1. The predicted molar refractivity (Wildman–Crippen MR) is 134 cm³/mol. The van der Waals surface area contributed by atoms with E-state index in [1.807, 2.05) is 30.3 Å². The molecule has 0 saturated carbocycles. The Morgan fingerprint density at radius 3 is 2.62 bits per heavy atom. The number of fused-ring (bicyclic) bond motifs is 1. The molecule has 34 heavy (non-hydrogen) atoms. The first kappa shape index (κ1) is 22.2. The third kappa shape index (κ3) is 3.84. The van der Waals surface area contributed by atoms with E-state index >= 15 is 0 Å². The highest BCUT2D eigenvalue weighted by Gasteiger charge is 2.40. The molecule has 1 N–H and O–H groups in total. The van der Waals surface area contributed by atoms with Crippen LogP contribution in [0, 0.1) is 0 Å². The molecule has 0 radical (unpaired) electrons. The number of allylic oxidation sites excluding steroid dienone is 3. The number of carbonyl (C=O) groups excluding carboxylic acids is 2. The molecule has 5 rings (SSSR count). The van der Waals surface area contributed by atoms with E-state index < -0.39 is 5.92 Å². The summed E-state index contributed by atoms with van der Waals surface area (Å²) in [7, 11) is 0. The zero-order chi connectivity index (χ0) is 23.8. The maximum atomic E-state index is 13.6. The summed E-state index contributed by atoms with van der Waals surface area (Å²) in [6.07, 6.45) is 3.35. The molecule has 1 amide bonds. The highest BCUT2D eigenvalue weighted by molar-refractivity contribution is 6.31. The zero-order valence-corrected chi connectivity index (χ0v) is 19.3. The van der Waals surface area contributed by atoms with Crippen LogP contribution in [0.3, 0.4) is 0 Å². The fraction of sp³-hybridized carbons (Fsp3) is 0.222. The number of aromatic nitrogens is 1. The molecule has 2 aliphatic rings. The minimum Gasteiger partial charge on any atom is -0.304 e. The third-order valence-electron chi connectivity index (χ3n) is 6.46. The fourth-order valence-electron chi connectivity index (χ4n) is 4.97. The van der Waals surface area contributed by atoms with Gasteiger partial charge in [-0.1, -0.05) is 35.9 Å². The molecule has 1 aliphatic heterocycles. The zero-order valence-electron chi connectivity index (χ0n) is 18.6. The van der Waals surface area contributed by atoms with Gasteiger partial charge in [-0.15, -0.1) is 6.58 Å². The van der Waals surface area contributed by atoms with E-state index in [1.54, 1.807) is 34.9 Å². The Morgan fingerprint density at radius 1 is 1.06 bits per heavy atom. The van der Waals surface area contributed by atoms with Crippen molar-refractivity contribution in [3.05, 3.63) is 99.5 Å². The lowest BCUT2D eigenvalue weighted by Crippen LogP contribution is -2.44. The number of halogens is 1. The second-order valence-corrected chi connectivity index (χ2v) is 9.04. The van der Waals surface area contributed by atoms with Crippen LogP contribution < -0.4 is 11.0 Å². The van der Waals surface area contributed by atoms with E-state index in [-0.39, 0.29) is 23.7 Å². The quantitative estimate of drug-likeness (QED) is 0.517. The summed E-state index contributed by atoms with van der Waals surface area (Å²) in [5.41, 5.74) is 6.08. The normalized spacial score (nSPS) is 18.3. The van der Waals surface area contributed by atoms with Gasteiger partial charge in [-0.05, 0) is 49.2 Å². The number of pyridine rings is 1. The van der Waals surface area contributed by atoms with Crippen LogP contribution in [0.2, 0.25) is 5.02 Å². The minimum absolute atomic E-state index is 0.0144. The molecule has 1 aromatic heterocycles. The largest absolute Gasteiger partial charge is 0.304 e. The van der Waals surface area contributed by atoms with E-state index in [2.05, 4.69) is 12.0 Å². The number of hydrogen-bond acceptors (Lipinski definition) is 4. The Kier molecular flexibility index (Phi) is 5.84. The molecule has 2 aromatic carbocycles. The van der Waals surface area contributed by atoms with E-state index in [4.69, 9.17) is 11.6 Å². The Balaban J connectivity index is 1.68. The van der Waals surface area contributed by atoms with Crippen molar-refractivity contribution in [2.45, 2.75) is 38.1 Å². The number of hydrogen-bond donors (Lipinski definition) is 1. The molecule has 7 heteroatoms. The van der Waals surface area contributed by atoms with Crippen molar-refractivity contribution < 1.29 is 9.59 Å². The number of benzene rings is 2. The van der Waals surface area contributed by atoms with Gasteiger partial charge in [0.15, 0.2) is 5.78 Å². The Morgan fingerprint density at radius 2 is 1.85 bits per heavy atom. The van der Waals surface area contributed by atoms with Gasteiger partial charge in [-0.25, -0.2) is 5.01 Å². The number of Topliss-reactive ketones (excluding diaryl/α,β-unsaturated/α-hetero) is 1. The highest BCUT2D eigenvalue weighted by Crippen LogP contribution is 2.41. The van der Waals surface area contributed by atoms with E-state index in [0.29, 0.717) is 47.7 Å². The monoisotopic (exact) mass is 473 g/mol. The lowest BCUT2D eigenvalue weighted by atomic mass is 9.77. The number of rotatable bonds is 5. The van der Waals surface area contributed by atoms with E-state index in [9.17, 15) is 14.4 Å². The Bertz CT molecular complexity index is 1410. The van der Waals surface area contributed by atoms with Gasteiger partial charge in [0, 0.05) is 46.8 Å². The number of ketones is 1. The molecule has 1 atom stereocenters. The van der Waals surface area contributed by atoms with Crippen molar-refractivity contribution in [3.8, 4) is 0 Å². The maximum absolute atomic E-state index is 13.6. The van der Waals surface area contributed by atoms with Crippen molar-refractivity contribution in [3.63, 3.8) is 0 Å². The highest BCUT2D eigenvalue weighted by atomic mass is 35.5. The molecule has 172 valence electrons. The summed E-state index contributed by atoms with van der Waals surface area (Å²) in [4.78, 5) is 40.2. The lowest BCUT2D eigenvalue weighted by molar-refractivity contribution is -0.130. The second kappa shape index (κ2) is 8.95. The summed E-state index contributed by atoms with van der Waals surface area (Å²) in [5.74, 6) is -0.793. The van der Waals surface area contributed by atoms with Gasteiger partial charge >= 0.3 is 0 Å². The first-order valence-corrected chi connectivity index (χ1v) is 11.7. The number of carbonyl (C=O) groups is 2. The number of para-hydroxylation sites is 1. The molecular formula is C27H24ClN3O3. The maximum Gasteiger partial charge on any atom is 0.255 e. The number of hydrazine groups is 1. The van der Waals surface area contributed by atoms with E-state index in [1.165, 1.54) is 5.01 Å². The fourth-order valence-corrected chi connectivity index (χ4v) is 5.15. The molecular weight excluding hydrogens is 450 g/mol. The molecule has 2 heterocycles. The average molecular weight is 474 g/mol. The van der Waals surface area contributed by atoms with Crippen LogP contribution in [-0.2, 0) is 16.1 Å². The van der Waals surface area contributed by atoms with Crippen LogP contribution in [0.15, 0.2) is 83.3 Å². The summed E-state index contributed by atoms with van der Waals surface area (Å²) in [6.45, 7) is 4.10. The molecule has 0 bridgehead atoms. The van der Waals surface area contributed by atoms with Crippen LogP contribution in [0.1, 0.15) is 37.2 Å².